The first-order chi connectivity index (χ1) is 13.2. The topological polar surface area (TPSA) is 87.1 Å². The molecular formula is C19H21N5O2S. The molecule has 0 aliphatic carbocycles. The molecule has 0 saturated heterocycles. The number of aromatic amines is 1. The Morgan fingerprint density at radius 2 is 2.22 bits per heavy atom. The van der Waals surface area contributed by atoms with Gasteiger partial charge in [-0.05, 0) is 24.6 Å². The van der Waals surface area contributed by atoms with Crippen LogP contribution >= 0.6 is 11.3 Å². The van der Waals surface area contributed by atoms with Gasteiger partial charge in [-0.3, -0.25) is 0 Å². The van der Waals surface area contributed by atoms with Crippen LogP contribution in [0.5, 0.6) is 5.75 Å². The van der Waals surface area contributed by atoms with Gasteiger partial charge >= 0.3 is 0 Å². The van der Waals surface area contributed by atoms with Crippen LogP contribution in [0.4, 0.5) is 5.00 Å². The Hall–Kier alpha value is -2.89. The number of methoxy groups -OCH3 is 1. The standard InChI is InChI=1S/C19H21N5O2S/c1-4-26-9-8-24(2)19-15(11-20)16(13-6-5-7-14(10-13)25-3)17(27-19)18-21-12-22-23-18/h5-7,10,12H,4,8-9H2,1-3H3,(H,21,22,23). The van der Waals surface area contributed by atoms with E-state index in [0.717, 1.165) is 26.8 Å². The molecule has 0 aliphatic rings. The third-order valence-corrected chi connectivity index (χ3v) is 5.42. The molecule has 0 aliphatic heterocycles. The van der Waals surface area contributed by atoms with Crippen LogP contribution in [0.25, 0.3) is 21.8 Å². The zero-order chi connectivity index (χ0) is 19.2. The van der Waals surface area contributed by atoms with Crippen molar-refractivity contribution in [3.05, 3.63) is 36.2 Å². The molecular weight excluding hydrogens is 362 g/mol. The molecule has 1 N–H and O–H groups in total. The number of thiophene rings is 1. The van der Waals surface area contributed by atoms with Gasteiger partial charge in [0.05, 0.1) is 24.2 Å². The zero-order valence-electron chi connectivity index (χ0n) is 15.5. The van der Waals surface area contributed by atoms with Gasteiger partial charge in [-0.2, -0.15) is 5.26 Å². The quantitative estimate of drug-likeness (QED) is 0.599. The molecule has 1 aromatic carbocycles. The predicted octanol–water partition coefficient (Wildman–Crippen LogP) is 3.55. The molecule has 0 bridgehead atoms. The van der Waals surface area contributed by atoms with Crippen molar-refractivity contribution in [2.75, 3.05) is 38.8 Å². The number of nitriles is 1. The summed E-state index contributed by atoms with van der Waals surface area (Å²) in [5.74, 6) is 1.37. The summed E-state index contributed by atoms with van der Waals surface area (Å²) in [4.78, 5) is 5.97. The minimum atomic E-state index is 0.599. The second-order valence-electron chi connectivity index (χ2n) is 5.79. The monoisotopic (exact) mass is 383 g/mol. The Bertz CT molecular complexity index is 930. The van der Waals surface area contributed by atoms with Crippen molar-refractivity contribution in [3.63, 3.8) is 0 Å². The minimum absolute atomic E-state index is 0.599. The van der Waals surface area contributed by atoms with E-state index in [2.05, 4.69) is 21.3 Å². The minimum Gasteiger partial charge on any atom is -0.497 e. The van der Waals surface area contributed by atoms with Gasteiger partial charge in [-0.1, -0.05) is 12.1 Å². The van der Waals surface area contributed by atoms with Gasteiger partial charge in [0.15, 0.2) is 5.82 Å². The van der Waals surface area contributed by atoms with Crippen molar-refractivity contribution in [2.45, 2.75) is 6.92 Å². The summed E-state index contributed by atoms with van der Waals surface area (Å²) in [6.07, 6.45) is 1.54. The van der Waals surface area contributed by atoms with Crippen molar-refractivity contribution in [2.24, 2.45) is 0 Å². The fourth-order valence-electron chi connectivity index (χ4n) is 2.78. The van der Waals surface area contributed by atoms with Gasteiger partial charge in [0, 0.05) is 25.8 Å². The molecule has 0 amide bonds. The summed E-state index contributed by atoms with van der Waals surface area (Å²) in [5, 5.41) is 18.9. The van der Waals surface area contributed by atoms with Crippen molar-refractivity contribution >= 4 is 16.3 Å². The van der Waals surface area contributed by atoms with Crippen molar-refractivity contribution < 1.29 is 9.47 Å². The van der Waals surface area contributed by atoms with E-state index < -0.39 is 0 Å². The van der Waals surface area contributed by atoms with Crippen LogP contribution in [0.3, 0.4) is 0 Å². The summed E-state index contributed by atoms with van der Waals surface area (Å²) < 4.78 is 10.8. The molecule has 2 heterocycles. The zero-order valence-corrected chi connectivity index (χ0v) is 16.3. The molecule has 0 radical (unpaired) electrons. The Morgan fingerprint density at radius 1 is 1.37 bits per heavy atom. The molecule has 0 fully saturated rings. The summed E-state index contributed by atoms with van der Waals surface area (Å²) in [6, 6.07) is 10.1. The van der Waals surface area contributed by atoms with E-state index in [-0.39, 0.29) is 0 Å². The first kappa shape index (κ1) is 18.9. The van der Waals surface area contributed by atoms with Gasteiger partial charge in [-0.15, -0.1) is 21.5 Å². The summed E-state index contributed by atoms with van der Waals surface area (Å²) in [7, 11) is 3.59. The third-order valence-electron chi connectivity index (χ3n) is 4.11. The van der Waals surface area contributed by atoms with Gasteiger partial charge in [-0.25, -0.2) is 0 Å². The number of H-pyrrole nitrogens is 1. The lowest BCUT2D eigenvalue weighted by Gasteiger charge is -2.17. The van der Waals surface area contributed by atoms with E-state index >= 15 is 0 Å². The number of rotatable bonds is 8. The Labute approximate surface area is 162 Å². The fraction of sp³-hybridized carbons (Fsp3) is 0.316. The number of benzene rings is 1. The molecule has 0 saturated carbocycles. The first-order valence-corrected chi connectivity index (χ1v) is 9.37. The third kappa shape index (κ3) is 3.94. The molecule has 7 nitrogen and oxygen atoms in total. The Morgan fingerprint density at radius 3 is 2.89 bits per heavy atom. The Kier molecular flexibility index (Phi) is 6.06. The van der Waals surface area contributed by atoms with Gasteiger partial charge in [0.2, 0.25) is 0 Å². The highest BCUT2D eigenvalue weighted by Crippen LogP contribution is 2.46. The molecule has 0 unspecified atom stereocenters. The van der Waals surface area contributed by atoms with E-state index in [1.807, 2.05) is 43.1 Å². The van der Waals surface area contributed by atoms with Gasteiger partial charge in [0.1, 0.15) is 23.1 Å². The molecule has 27 heavy (non-hydrogen) atoms. The van der Waals surface area contributed by atoms with Crippen molar-refractivity contribution in [3.8, 4) is 33.6 Å². The van der Waals surface area contributed by atoms with E-state index in [1.165, 1.54) is 17.7 Å². The second kappa shape index (κ2) is 8.66. The normalized spacial score (nSPS) is 10.6. The average molecular weight is 383 g/mol. The summed E-state index contributed by atoms with van der Waals surface area (Å²) in [5.41, 5.74) is 2.34. The number of likely N-dealkylation sites (N-methyl/N-ethyl adjacent to an activating group) is 1. The number of ether oxygens (including phenoxy) is 2. The Balaban J connectivity index is 2.13. The highest BCUT2D eigenvalue weighted by molar-refractivity contribution is 7.20. The highest BCUT2D eigenvalue weighted by atomic mass is 32.1. The van der Waals surface area contributed by atoms with E-state index in [0.29, 0.717) is 31.1 Å². The maximum absolute atomic E-state index is 9.94. The molecule has 0 atom stereocenters. The second-order valence-corrected chi connectivity index (χ2v) is 6.79. The molecule has 0 spiro atoms. The largest absolute Gasteiger partial charge is 0.497 e. The lowest BCUT2D eigenvalue weighted by molar-refractivity contribution is 0.154. The average Bonchev–Trinajstić information content (AvgIpc) is 3.35. The molecule has 3 aromatic rings. The summed E-state index contributed by atoms with van der Waals surface area (Å²) >= 11 is 1.52. The SMILES string of the molecule is CCOCCN(C)c1sc(-c2nnc[nH]2)c(-c2cccc(OC)c2)c1C#N. The van der Waals surface area contributed by atoms with Crippen molar-refractivity contribution in [1.82, 2.24) is 15.2 Å². The van der Waals surface area contributed by atoms with E-state index in [9.17, 15) is 5.26 Å². The van der Waals surface area contributed by atoms with Crippen LogP contribution in [0.1, 0.15) is 12.5 Å². The maximum atomic E-state index is 9.94. The molecule has 8 heteroatoms. The number of nitrogens with one attached hydrogen (secondary N) is 1. The van der Waals surface area contributed by atoms with Gasteiger partial charge < -0.3 is 19.4 Å². The van der Waals surface area contributed by atoms with Crippen LogP contribution in [-0.4, -0.2) is 49.1 Å². The van der Waals surface area contributed by atoms with E-state index in [1.54, 1.807) is 7.11 Å². The van der Waals surface area contributed by atoms with Crippen LogP contribution < -0.4 is 9.64 Å². The highest BCUT2D eigenvalue weighted by Gasteiger charge is 2.24. The molecule has 140 valence electrons. The van der Waals surface area contributed by atoms with Crippen molar-refractivity contribution in [1.29, 1.82) is 5.26 Å². The number of hydrogen-bond acceptors (Lipinski definition) is 7. The van der Waals surface area contributed by atoms with E-state index in [4.69, 9.17) is 9.47 Å². The van der Waals surface area contributed by atoms with Crippen LogP contribution in [0.15, 0.2) is 30.6 Å². The lowest BCUT2D eigenvalue weighted by atomic mass is 10.0. The summed E-state index contributed by atoms with van der Waals surface area (Å²) in [6.45, 7) is 3.93. The number of nitrogens with zero attached hydrogens (tertiary/aromatic N) is 4. The van der Waals surface area contributed by atoms with Crippen LogP contribution in [0.2, 0.25) is 0 Å². The van der Waals surface area contributed by atoms with Gasteiger partial charge in [0.25, 0.3) is 0 Å². The molecule has 2 aromatic heterocycles. The fourth-order valence-corrected chi connectivity index (χ4v) is 3.98. The first-order valence-electron chi connectivity index (χ1n) is 8.56. The number of hydrogen-bond donors (Lipinski definition) is 1. The number of anilines is 1. The smallest absolute Gasteiger partial charge is 0.171 e. The number of aromatic nitrogens is 3. The predicted molar refractivity (Wildman–Crippen MR) is 106 cm³/mol. The lowest BCUT2D eigenvalue weighted by Crippen LogP contribution is -2.22. The molecule has 3 rings (SSSR count). The maximum Gasteiger partial charge on any atom is 0.171 e. The van der Waals surface area contributed by atoms with Crippen LogP contribution in [-0.2, 0) is 4.74 Å². The van der Waals surface area contributed by atoms with Crippen LogP contribution in [0, 0.1) is 11.3 Å².